The first kappa shape index (κ1) is 27.5. The third-order valence-corrected chi connectivity index (χ3v) is 7.77. The topological polar surface area (TPSA) is 36.9 Å². The highest BCUT2D eigenvalue weighted by Crippen LogP contribution is 2.52. The van der Waals surface area contributed by atoms with Crippen molar-refractivity contribution in [3.8, 4) is 44.9 Å². The zero-order valence-electron chi connectivity index (χ0n) is 24.4. The molecule has 0 N–H and O–H groups in total. The van der Waals surface area contributed by atoms with E-state index in [2.05, 4.69) is 123 Å². The molecule has 6 rings (SSSR count). The molecule has 0 aliphatic carbocycles. The van der Waals surface area contributed by atoms with Gasteiger partial charge in [0, 0.05) is 36.5 Å². The maximum atomic E-state index is 6.56. The Bertz CT molecular complexity index is 1750. The van der Waals surface area contributed by atoms with E-state index in [1.165, 1.54) is 0 Å². The predicted octanol–water partition coefficient (Wildman–Crippen LogP) is 9.58. The van der Waals surface area contributed by atoms with Gasteiger partial charge in [-0.15, -0.1) is 0 Å². The van der Waals surface area contributed by atoms with Crippen molar-refractivity contribution in [3.63, 3.8) is 0 Å². The number of aryl methyl sites for hydroxylation is 2. The summed E-state index contributed by atoms with van der Waals surface area (Å²) in [4.78, 5) is 0. The number of methoxy groups -OCH3 is 2. The van der Waals surface area contributed by atoms with Crippen molar-refractivity contribution in [2.45, 2.75) is 13.8 Å². The minimum absolute atomic E-state index is 0.105. The summed E-state index contributed by atoms with van der Waals surface area (Å²) in [6.45, 7) is 4.47. The Kier molecular flexibility index (Phi) is 7.91. The van der Waals surface area contributed by atoms with Crippen molar-refractivity contribution in [1.29, 1.82) is 0 Å². The third kappa shape index (κ3) is 5.00. The van der Waals surface area contributed by atoms with Gasteiger partial charge in [0.25, 0.3) is 0 Å². The lowest BCUT2D eigenvalue weighted by molar-refractivity contribution is 0.0506. The molecule has 0 radical (unpaired) electrons. The van der Waals surface area contributed by atoms with Crippen LogP contribution in [0.1, 0.15) is 11.1 Å². The SMILES string of the molecule is COCOc1c(-c2ccccc2C)cc2ccccc2c1-c1c(OCOC)c(-c2ccccc2C)cc2ccccc12. The molecule has 4 heteroatoms. The molecule has 0 aromatic heterocycles. The van der Waals surface area contributed by atoms with E-state index < -0.39 is 0 Å². The van der Waals surface area contributed by atoms with E-state index in [-0.39, 0.29) is 13.6 Å². The van der Waals surface area contributed by atoms with Gasteiger partial charge in [-0.25, -0.2) is 0 Å². The zero-order chi connectivity index (χ0) is 29.1. The van der Waals surface area contributed by atoms with Crippen LogP contribution in [0.4, 0.5) is 0 Å². The van der Waals surface area contributed by atoms with Crippen molar-refractivity contribution in [2.24, 2.45) is 0 Å². The molecular weight excluding hydrogens is 520 g/mol. The lowest BCUT2D eigenvalue weighted by atomic mass is 9.85. The first-order valence-electron chi connectivity index (χ1n) is 14.1. The van der Waals surface area contributed by atoms with Gasteiger partial charge in [0.15, 0.2) is 13.6 Å². The molecule has 0 atom stereocenters. The highest BCUT2D eigenvalue weighted by atomic mass is 16.7. The van der Waals surface area contributed by atoms with E-state index in [0.29, 0.717) is 0 Å². The van der Waals surface area contributed by atoms with Gasteiger partial charge >= 0.3 is 0 Å². The molecule has 0 saturated carbocycles. The second-order valence-corrected chi connectivity index (χ2v) is 10.4. The molecule has 0 bridgehead atoms. The van der Waals surface area contributed by atoms with Gasteiger partial charge in [-0.2, -0.15) is 0 Å². The van der Waals surface area contributed by atoms with Gasteiger partial charge in [0.1, 0.15) is 11.5 Å². The minimum Gasteiger partial charge on any atom is -0.466 e. The Morgan fingerprint density at radius 3 is 1.24 bits per heavy atom. The fourth-order valence-corrected chi connectivity index (χ4v) is 5.84. The molecule has 0 amide bonds. The third-order valence-electron chi connectivity index (χ3n) is 7.77. The van der Waals surface area contributed by atoms with Gasteiger partial charge < -0.3 is 18.9 Å². The largest absolute Gasteiger partial charge is 0.466 e. The number of ether oxygens (including phenoxy) is 4. The summed E-state index contributed by atoms with van der Waals surface area (Å²) in [7, 11) is 3.30. The minimum atomic E-state index is 0.105. The van der Waals surface area contributed by atoms with Crippen LogP contribution in [0.15, 0.2) is 109 Å². The maximum absolute atomic E-state index is 6.56. The molecule has 4 nitrogen and oxygen atoms in total. The average molecular weight is 555 g/mol. The fraction of sp³-hybridized carbons (Fsp3) is 0.158. The monoisotopic (exact) mass is 554 g/mol. The van der Waals surface area contributed by atoms with Crippen LogP contribution in [0, 0.1) is 13.8 Å². The van der Waals surface area contributed by atoms with Crippen LogP contribution in [-0.4, -0.2) is 27.8 Å². The van der Waals surface area contributed by atoms with Gasteiger partial charge in [0.2, 0.25) is 0 Å². The van der Waals surface area contributed by atoms with Crippen molar-refractivity contribution in [3.05, 3.63) is 120 Å². The maximum Gasteiger partial charge on any atom is 0.188 e. The van der Waals surface area contributed by atoms with Crippen LogP contribution in [0.2, 0.25) is 0 Å². The molecule has 6 aromatic carbocycles. The summed E-state index contributed by atoms with van der Waals surface area (Å²) < 4.78 is 24.1. The molecule has 0 heterocycles. The summed E-state index contributed by atoms with van der Waals surface area (Å²) in [5.74, 6) is 1.50. The van der Waals surface area contributed by atoms with Crippen molar-refractivity contribution >= 4 is 21.5 Å². The van der Waals surface area contributed by atoms with Crippen LogP contribution in [0.3, 0.4) is 0 Å². The van der Waals surface area contributed by atoms with E-state index >= 15 is 0 Å². The Hall–Kier alpha value is -4.64. The van der Waals surface area contributed by atoms with E-state index in [0.717, 1.165) is 77.6 Å². The summed E-state index contributed by atoms with van der Waals surface area (Å²) in [6, 6.07) is 38.2. The van der Waals surface area contributed by atoms with Crippen molar-refractivity contribution in [1.82, 2.24) is 0 Å². The van der Waals surface area contributed by atoms with Gasteiger partial charge in [-0.1, -0.05) is 97.1 Å². The Labute approximate surface area is 247 Å². The van der Waals surface area contributed by atoms with E-state index in [1.54, 1.807) is 14.2 Å². The van der Waals surface area contributed by atoms with Crippen LogP contribution in [-0.2, 0) is 9.47 Å². The Morgan fingerprint density at radius 1 is 0.452 bits per heavy atom. The Balaban J connectivity index is 1.83. The molecule has 42 heavy (non-hydrogen) atoms. The molecule has 0 unspecified atom stereocenters. The van der Waals surface area contributed by atoms with Crippen LogP contribution in [0.25, 0.3) is 54.9 Å². The number of rotatable bonds is 9. The summed E-state index contributed by atoms with van der Waals surface area (Å²) in [6.07, 6.45) is 0. The fourth-order valence-electron chi connectivity index (χ4n) is 5.84. The highest BCUT2D eigenvalue weighted by Gasteiger charge is 2.26. The van der Waals surface area contributed by atoms with Gasteiger partial charge in [-0.05, 0) is 69.8 Å². The Morgan fingerprint density at radius 2 is 0.833 bits per heavy atom. The summed E-state index contributed by atoms with van der Waals surface area (Å²) >= 11 is 0. The molecule has 0 aliphatic rings. The van der Waals surface area contributed by atoms with Crippen molar-refractivity contribution < 1.29 is 18.9 Å². The molecule has 0 saturated heterocycles. The van der Waals surface area contributed by atoms with E-state index in [9.17, 15) is 0 Å². The predicted molar refractivity (Wildman–Crippen MR) is 172 cm³/mol. The average Bonchev–Trinajstić information content (AvgIpc) is 3.02. The van der Waals surface area contributed by atoms with Crippen molar-refractivity contribution in [2.75, 3.05) is 27.8 Å². The lowest BCUT2D eigenvalue weighted by Gasteiger charge is -2.24. The molecular formula is C38H34O4. The smallest absolute Gasteiger partial charge is 0.188 e. The van der Waals surface area contributed by atoms with E-state index in [4.69, 9.17) is 18.9 Å². The molecule has 6 aromatic rings. The molecule has 210 valence electrons. The molecule has 0 spiro atoms. The van der Waals surface area contributed by atoms with Crippen LogP contribution >= 0.6 is 0 Å². The first-order chi connectivity index (χ1) is 20.6. The quantitative estimate of drug-likeness (QED) is 0.167. The lowest BCUT2D eigenvalue weighted by Crippen LogP contribution is -2.06. The highest BCUT2D eigenvalue weighted by molar-refractivity contribution is 6.14. The summed E-state index contributed by atoms with van der Waals surface area (Å²) in [5, 5.41) is 4.35. The number of hydrogen-bond donors (Lipinski definition) is 0. The van der Waals surface area contributed by atoms with Gasteiger partial charge in [-0.3, -0.25) is 0 Å². The normalized spacial score (nSPS) is 11.2. The zero-order valence-corrected chi connectivity index (χ0v) is 24.4. The number of benzene rings is 6. The van der Waals surface area contributed by atoms with Gasteiger partial charge in [0.05, 0.1) is 0 Å². The summed E-state index contributed by atoms with van der Waals surface area (Å²) in [5.41, 5.74) is 8.46. The second-order valence-electron chi connectivity index (χ2n) is 10.4. The van der Waals surface area contributed by atoms with Crippen LogP contribution < -0.4 is 9.47 Å². The first-order valence-corrected chi connectivity index (χ1v) is 14.1. The molecule has 0 fully saturated rings. The van der Waals surface area contributed by atoms with E-state index in [1.807, 2.05) is 0 Å². The molecule has 0 aliphatic heterocycles. The standard InChI is InChI=1S/C38H34O4/c1-25-13-5-9-17-29(25)33-21-27-15-7-11-19-31(27)35(37(33)41-23-39-3)36-32-20-12-8-16-28(32)22-34(38(36)42-24-40-4)30-18-10-6-14-26(30)2/h5-22H,23-24H2,1-4H3. The number of fused-ring (bicyclic) bond motifs is 2. The second kappa shape index (κ2) is 12.1. The van der Waals surface area contributed by atoms with Crippen LogP contribution in [0.5, 0.6) is 11.5 Å². The number of hydrogen-bond acceptors (Lipinski definition) is 4.